The summed E-state index contributed by atoms with van der Waals surface area (Å²) in [6, 6.07) is 6.80. The lowest BCUT2D eigenvalue weighted by Gasteiger charge is -2.42. The van der Waals surface area contributed by atoms with Crippen molar-refractivity contribution in [1.29, 1.82) is 0 Å². The molecule has 0 spiro atoms. The van der Waals surface area contributed by atoms with Crippen LogP contribution in [0.15, 0.2) is 34.5 Å². The Morgan fingerprint density at radius 2 is 1.78 bits per heavy atom. The van der Waals surface area contributed by atoms with E-state index >= 15 is 0 Å². The van der Waals surface area contributed by atoms with Gasteiger partial charge in [-0.15, -0.1) is 5.10 Å². The molecule has 0 aliphatic carbocycles. The zero-order chi connectivity index (χ0) is 23.4. The number of rotatable bonds is 3. The van der Waals surface area contributed by atoms with Gasteiger partial charge in [0.1, 0.15) is 0 Å². The molecular weight excluding hydrogens is 466 g/mol. The highest BCUT2D eigenvalue weighted by molar-refractivity contribution is 6.32. The van der Waals surface area contributed by atoms with Crippen molar-refractivity contribution in [3.8, 4) is 0 Å². The summed E-state index contributed by atoms with van der Waals surface area (Å²) in [5.41, 5.74) is -1.35. The molecule has 0 N–H and O–H groups in total. The standard InChI is InChI=1S/C21H20Cl2F3N5O/c1-11(2)17-20(30-10-4-5-15(30)32,13-6-8-14(22)9-7-13)19(28-27-17)31-12(3)16(23)18(29-31)21(24,25)26/h6-9,11H,4-5,10H2,1-3H3. The van der Waals surface area contributed by atoms with E-state index in [1.165, 1.54) is 6.92 Å². The number of hydrogen-bond acceptors (Lipinski definition) is 4. The second-order valence-corrected chi connectivity index (χ2v) is 8.90. The number of alkyl halides is 3. The van der Waals surface area contributed by atoms with Crippen molar-refractivity contribution in [1.82, 2.24) is 14.7 Å². The Hall–Kier alpha value is -2.39. The topological polar surface area (TPSA) is 62.9 Å². The summed E-state index contributed by atoms with van der Waals surface area (Å²) in [5.74, 6) is -0.239. The van der Waals surface area contributed by atoms with E-state index in [9.17, 15) is 18.0 Å². The number of benzene rings is 1. The van der Waals surface area contributed by atoms with Crippen molar-refractivity contribution in [2.24, 2.45) is 16.1 Å². The van der Waals surface area contributed by atoms with Gasteiger partial charge in [-0.3, -0.25) is 4.79 Å². The highest BCUT2D eigenvalue weighted by Gasteiger charge is 2.56. The Morgan fingerprint density at radius 3 is 2.28 bits per heavy atom. The van der Waals surface area contributed by atoms with Gasteiger partial charge in [0.25, 0.3) is 0 Å². The number of carbonyl (C=O) groups is 1. The predicted octanol–water partition coefficient (Wildman–Crippen LogP) is 5.31. The molecule has 0 bridgehead atoms. The van der Waals surface area contributed by atoms with Gasteiger partial charge in [-0.05, 0) is 37.0 Å². The highest BCUT2D eigenvalue weighted by atomic mass is 35.5. The fourth-order valence-corrected chi connectivity index (χ4v) is 4.70. The van der Waals surface area contributed by atoms with E-state index in [0.717, 1.165) is 4.68 Å². The summed E-state index contributed by atoms with van der Waals surface area (Å²) in [5, 5.41) is 12.4. The summed E-state index contributed by atoms with van der Waals surface area (Å²) in [7, 11) is 0. The fourth-order valence-electron chi connectivity index (χ4n) is 4.35. The molecule has 0 saturated carbocycles. The molecule has 4 rings (SSSR count). The van der Waals surface area contributed by atoms with E-state index < -0.39 is 22.4 Å². The lowest BCUT2D eigenvalue weighted by Crippen LogP contribution is -2.59. The Labute approximate surface area is 192 Å². The van der Waals surface area contributed by atoms with Gasteiger partial charge in [0.05, 0.1) is 16.4 Å². The van der Waals surface area contributed by atoms with Crippen LogP contribution >= 0.6 is 23.2 Å². The summed E-state index contributed by atoms with van der Waals surface area (Å²) in [6.07, 6.45) is -3.82. The summed E-state index contributed by atoms with van der Waals surface area (Å²) < 4.78 is 41.7. The maximum Gasteiger partial charge on any atom is 0.436 e. The van der Waals surface area contributed by atoms with Crippen LogP contribution in [0.3, 0.4) is 0 Å². The molecule has 0 radical (unpaired) electrons. The summed E-state index contributed by atoms with van der Waals surface area (Å²) in [4.78, 5) is 14.7. The van der Waals surface area contributed by atoms with Gasteiger partial charge >= 0.3 is 6.18 Å². The van der Waals surface area contributed by atoms with Crippen LogP contribution in [0.25, 0.3) is 0 Å². The zero-order valence-corrected chi connectivity index (χ0v) is 19.1. The molecule has 1 aromatic heterocycles. The minimum absolute atomic E-state index is 0.0583. The molecule has 1 amide bonds. The molecule has 32 heavy (non-hydrogen) atoms. The number of carbonyl (C=O) groups excluding carboxylic acids is 1. The minimum Gasteiger partial charge on any atom is -0.321 e. The van der Waals surface area contributed by atoms with Crippen LogP contribution in [0.1, 0.15) is 43.6 Å². The Balaban J connectivity index is 2.03. The van der Waals surface area contributed by atoms with Crippen LogP contribution in [0, 0.1) is 12.8 Å². The average molecular weight is 486 g/mol. The Morgan fingerprint density at radius 1 is 1.12 bits per heavy atom. The van der Waals surface area contributed by atoms with Gasteiger partial charge in [0.2, 0.25) is 5.91 Å². The molecule has 3 heterocycles. The number of halogens is 5. The zero-order valence-electron chi connectivity index (χ0n) is 17.5. The third-order valence-electron chi connectivity index (χ3n) is 5.75. The van der Waals surface area contributed by atoms with E-state index in [-0.39, 0.29) is 23.4 Å². The van der Waals surface area contributed by atoms with Crippen molar-refractivity contribution in [3.05, 3.63) is 51.3 Å². The molecule has 6 nitrogen and oxygen atoms in total. The predicted molar refractivity (Wildman–Crippen MR) is 116 cm³/mol. The lowest BCUT2D eigenvalue weighted by atomic mass is 9.78. The number of amides is 1. The summed E-state index contributed by atoms with van der Waals surface area (Å²) in [6.45, 7) is 5.62. The molecule has 11 heteroatoms. The smallest absolute Gasteiger partial charge is 0.321 e. The summed E-state index contributed by atoms with van der Waals surface area (Å²) >= 11 is 12.1. The van der Waals surface area contributed by atoms with E-state index in [2.05, 4.69) is 15.3 Å². The third kappa shape index (κ3) is 3.33. The van der Waals surface area contributed by atoms with E-state index in [1.54, 1.807) is 29.2 Å². The molecule has 1 unspecified atom stereocenters. The fraction of sp³-hybridized carbons (Fsp3) is 0.429. The molecule has 1 saturated heterocycles. The molecule has 170 valence electrons. The van der Waals surface area contributed by atoms with Crippen LogP contribution in [-0.4, -0.2) is 38.7 Å². The molecular formula is C21H20Cl2F3N5O. The SMILES string of the molecule is Cc1c(Cl)c(C(F)(F)F)nn1C1=NN=C(C(C)C)C1(c1ccc(Cl)cc1)N1CCCC1=O. The quantitative estimate of drug-likeness (QED) is 0.591. The number of aromatic nitrogens is 2. The van der Waals surface area contributed by atoms with Crippen LogP contribution in [0.2, 0.25) is 10.0 Å². The van der Waals surface area contributed by atoms with Crippen molar-refractivity contribution < 1.29 is 18.0 Å². The third-order valence-corrected chi connectivity index (χ3v) is 6.45. The first-order valence-electron chi connectivity index (χ1n) is 10.0. The van der Waals surface area contributed by atoms with E-state index in [1.807, 2.05) is 13.8 Å². The van der Waals surface area contributed by atoms with Crippen LogP contribution < -0.4 is 0 Å². The van der Waals surface area contributed by atoms with Gasteiger partial charge in [-0.25, -0.2) is 4.68 Å². The van der Waals surface area contributed by atoms with Crippen LogP contribution in [-0.2, 0) is 16.5 Å². The molecule has 2 aliphatic heterocycles. The van der Waals surface area contributed by atoms with Crippen molar-refractivity contribution >= 4 is 40.7 Å². The monoisotopic (exact) mass is 485 g/mol. The normalized spacial score (nSPS) is 21.5. The first-order chi connectivity index (χ1) is 15.0. The van der Waals surface area contributed by atoms with Gasteiger partial charge in [-0.2, -0.15) is 23.4 Å². The van der Waals surface area contributed by atoms with Gasteiger partial charge in [0, 0.05) is 18.0 Å². The maximum absolute atomic E-state index is 13.5. The van der Waals surface area contributed by atoms with E-state index in [4.69, 9.17) is 23.2 Å². The van der Waals surface area contributed by atoms with Crippen molar-refractivity contribution in [3.63, 3.8) is 0 Å². The second kappa shape index (κ2) is 7.88. The minimum atomic E-state index is -4.75. The second-order valence-electron chi connectivity index (χ2n) is 8.09. The highest BCUT2D eigenvalue weighted by Crippen LogP contribution is 2.43. The number of likely N-dealkylation sites (tertiary alicyclic amines) is 1. The Kier molecular flexibility index (Phi) is 5.61. The van der Waals surface area contributed by atoms with E-state index in [0.29, 0.717) is 35.7 Å². The molecule has 1 atom stereocenters. The number of hydrogen-bond donors (Lipinski definition) is 0. The van der Waals surface area contributed by atoms with Crippen molar-refractivity contribution in [2.45, 2.75) is 45.3 Å². The lowest BCUT2D eigenvalue weighted by molar-refractivity contribution is -0.141. The largest absolute Gasteiger partial charge is 0.436 e. The van der Waals surface area contributed by atoms with Gasteiger partial charge in [-0.1, -0.05) is 49.2 Å². The average Bonchev–Trinajstić information content (AvgIpc) is 3.39. The van der Waals surface area contributed by atoms with Gasteiger partial charge in [0.15, 0.2) is 17.1 Å². The Bertz CT molecular complexity index is 1140. The first-order valence-corrected chi connectivity index (χ1v) is 10.8. The van der Waals surface area contributed by atoms with Gasteiger partial charge < -0.3 is 4.90 Å². The molecule has 1 aromatic carbocycles. The van der Waals surface area contributed by atoms with Crippen molar-refractivity contribution in [2.75, 3.05) is 6.54 Å². The maximum atomic E-state index is 13.5. The molecule has 2 aliphatic rings. The molecule has 1 fully saturated rings. The number of nitrogens with zero attached hydrogens (tertiary/aromatic N) is 5. The van der Waals surface area contributed by atoms with Crippen LogP contribution in [0.5, 0.6) is 0 Å². The molecule has 2 aromatic rings. The first kappa shape index (κ1) is 22.8. The van der Waals surface area contributed by atoms with Crippen LogP contribution in [0.4, 0.5) is 13.2 Å².